The Morgan fingerprint density at radius 3 is 2.97 bits per heavy atom. The number of pyridine rings is 1. The zero-order valence-corrected chi connectivity index (χ0v) is 20.8. The molecule has 3 aromatic heterocycles. The molecule has 2 atom stereocenters. The molecule has 0 aromatic carbocycles. The number of nitrogens with one attached hydrogen (secondary N) is 2. The normalized spacial score (nSPS) is 19.3. The van der Waals surface area contributed by atoms with Crippen molar-refractivity contribution < 1.29 is 28.9 Å². The second-order valence-corrected chi connectivity index (χ2v) is 9.89. The predicted molar refractivity (Wildman–Crippen MR) is 129 cm³/mol. The first-order chi connectivity index (χ1) is 17.9. The molecule has 5 rings (SSSR count). The van der Waals surface area contributed by atoms with Gasteiger partial charge in [0.2, 0.25) is 0 Å². The number of aromatic amines is 1. The monoisotopic (exact) mass is 541 g/mol. The van der Waals surface area contributed by atoms with Gasteiger partial charge in [0, 0.05) is 22.8 Å². The first-order valence-electron chi connectivity index (χ1n) is 10.7. The van der Waals surface area contributed by atoms with Crippen LogP contribution < -0.4 is 20.7 Å². The van der Waals surface area contributed by atoms with Crippen LogP contribution in [0.5, 0.6) is 0 Å². The first-order valence-corrected chi connectivity index (χ1v) is 12.7. The first kappa shape index (κ1) is 24.4. The molecule has 2 amide bonds. The largest absolute Gasteiger partial charge is 0.543 e. The van der Waals surface area contributed by atoms with Gasteiger partial charge in [0.1, 0.15) is 30.5 Å². The summed E-state index contributed by atoms with van der Waals surface area (Å²) < 4.78 is 1.79. The summed E-state index contributed by atoms with van der Waals surface area (Å²) in [7, 11) is 1.27. The minimum absolute atomic E-state index is 0.151. The number of H-pyrrole nitrogens is 1. The summed E-state index contributed by atoms with van der Waals surface area (Å²) in [5.41, 5.74) is 6.75. The summed E-state index contributed by atoms with van der Waals surface area (Å²) in [4.78, 5) is 52.1. The molecule has 0 aliphatic carbocycles. The number of amides is 2. The van der Waals surface area contributed by atoms with E-state index in [0.29, 0.717) is 17.2 Å². The summed E-state index contributed by atoms with van der Waals surface area (Å²) in [6, 6.07) is 2.67. The van der Waals surface area contributed by atoms with E-state index in [9.17, 15) is 19.5 Å². The van der Waals surface area contributed by atoms with Crippen molar-refractivity contribution in [2.45, 2.75) is 18.0 Å². The number of nitrogens with zero attached hydrogens (tertiary/aromatic N) is 6. The van der Waals surface area contributed by atoms with E-state index in [4.69, 9.17) is 10.6 Å². The number of nitrogen functional groups attached to an aromatic ring is 1. The number of aliphatic carboxylic acids is 1. The number of oxime groups is 1. The molecule has 4 N–H and O–H groups in total. The summed E-state index contributed by atoms with van der Waals surface area (Å²) >= 11 is 2.46. The van der Waals surface area contributed by atoms with Crippen molar-refractivity contribution in [3.05, 3.63) is 53.2 Å². The standard InChI is InChI=1S/C21H19N9O5S2/c1-35-28-13(12-8-37-21(22)25-12)17(31)26-14-18(32)30-15(20(33)34)11(7-36-19(14)30)6-29-4-2-3-10(5-29)16-23-9-24-27-16/h2-5,8-9,14,19H,6-7H2,1H3,(H4-,22,23,24,25,26,27,31,33,34)/b28-13+/t14-,19-/m1/s1. The lowest BCUT2D eigenvalue weighted by Crippen LogP contribution is -2.71. The number of thioether (sulfide) groups is 1. The van der Waals surface area contributed by atoms with Gasteiger partial charge in [-0.25, -0.2) is 14.5 Å². The highest BCUT2D eigenvalue weighted by atomic mass is 32.2. The highest BCUT2D eigenvalue weighted by Gasteiger charge is 2.53. The van der Waals surface area contributed by atoms with E-state index in [0.717, 1.165) is 21.8 Å². The molecule has 2 aliphatic heterocycles. The zero-order valence-electron chi connectivity index (χ0n) is 19.2. The van der Waals surface area contributed by atoms with Crippen LogP contribution in [0.15, 0.2) is 52.7 Å². The maximum absolute atomic E-state index is 13.0. The van der Waals surface area contributed by atoms with Crippen molar-refractivity contribution in [2.24, 2.45) is 5.16 Å². The molecule has 5 heterocycles. The van der Waals surface area contributed by atoms with Gasteiger partial charge in [0.15, 0.2) is 35.6 Å². The Bertz CT molecular complexity index is 1440. The van der Waals surface area contributed by atoms with Gasteiger partial charge in [-0.15, -0.1) is 23.1 Å². The van der Waals surface area contributed by atoms with Gasteiger partial charge in [-0.3, -0.25) is 19.6 Å². The molecule has 14 nitrogen and oxygen atoms in total. The molecule has 0 spiro atoms. The molecule has 0 saturated carbocycles. The lowest BCUT2D eigenvalue weighted by Gasteiger charge is -2.50. The van der Waals surface area contributed by atoms with Crippen LogP contribution in [0.2, 0.25) is 0 Å². The van der Waals surface area contributed by atoms with Gasteiger partial charge in [-0.05, 0) is 6.07 Å². The Hall–Kier alpha value is -4.31. The number of carbonyl (C=O) groups excluding carboxylic acids is 3. The van der Waals surface area contributed by atoms with E-state index in [1.165, 1.54) is 30.6 Å². The van der Waals surface area contributed by atoms with Crippen LogP contribution in [0, 0.1) is 0 Å². The number of thiazole rings is 1. The van der Waals surface area contributed by atoms with E-state index in [-0.39, 0.29) is 28.8 Å². The Morgan fingerprint density at radius 2 is 2.30 bits per heavy atom. The lowest BCUT2D eigenvalue weighted by molar-refractivity contribution is -0.688. The number of carboxylic acid groups (broad SMARTS) is 1. The fourth-order valence-electron chi connectivity index (χ4n) is 4.02. The smallest absolute Gasteiger partial charge is 0.276 e. The number of hydrogen-bond donors (Lipinski definition) is 3. The van der Waals surface area contributed by atoms with Gasteiger partial charge in [-0.1, -0.05) is 5.16 Å². The molecular formula is C21H19N9O5S2. The van der Waals surface area contributed by atoms with Crippen molar-refractivity contribution in [3.63, 3.8) is 0 Å². The molecule has 0 unspecified atom stereocenters. The molecule has 0 radical (unpaired) electrons. The van der Waals surface area contributed by atoms with E-state index in [2.05, 4.69) is 30.6 Å². The third kappa shape index (κ3) is 4.63. The quantitative estimate of drug-likeness (QED) is 0.127. The van der Waals surface area contributed by atoms with Crippen LogP contribution in [0.25, 0.3) is 11.4 Å². The van der Waals surface area contributed by atoms with Crippen LogP contribution in [0.1, 0.15) is 5.69 Å². The fourth-order valence-corrected chi connectivity index (χ4v) is 5.90. The maximum Gasteiger partial charge on any atom is 0.276 e. The van der Waals surface area contributed by atoms with Crippen molar-refractivity contribution in [2.75, 3.05) is 18.6 Å². The van der Waals surface area contributed by atoms with Gasteiger partial charge in [0.05, 0.1) is 17.2 Å². The van der Waals surface area contributed by atoms with Crippen LogP contribution in [0.4, 0.5) is 5.13 Å². The van der Waals surface area contributed by atoms with E-state index in [1.54, 1.807) is 23.0 Å². The SMILES string of the molecule is CO/N=C(/C(=O)N[C@@H]1C(=O)N2C(C(=O)[O-])=C(C[n+]3cccc(-c4ncn[nH]4)c3)CS[C@H]12)c1csc(N)n1. The van der Waals surface area contributed by atoms with Crippen molar-refractivity contribution >= 4 is 51.7 Å². The van der Waals surface area contributed by atoms with Crippen LogP contribution in [0.3, 0.4) is 0 Å². The number of nitrogens with two attached hydrogens (primary N) is 1. The van der Waals surface area contributed by atoms with Crippen LogP contribution in [-0.4, -0.2) is 72.8 Å². The van der Waals surface area contributed by atoms with Crippen LogP contribution >= 0.6 is 23.1 Å². The Labute approximate surface area is 217 Å². The second-order valence-electron chi connectivity index (χ2n) is 7.89. The van der Waals surface area contributed by atoms with Crippen molar-refractivity contribution in [3.8, 4) is 11.4 Å². The average Bonchev–Trinajstić information content (AvgIpc) is 3.57. The topological polar surface area (TPSA) is 195 Å². The number of fused-ring (bicyclic) bond motifs is 1. The van der Waals surface area contributed by atoms with Gasteiger partial charge in [-0.2, -0.15) is 5.10 Å². The third-order valence-corrected chi connectivity index (χ3v) is 7.62. The number of anilines is 1. The minimum Gasteiger partial charge on any atom is -0.543 e. The van der Waals surface area contributed by atoms with Crippen LogP contribution in [-0.2, 0) is 25.8 Å². The Kier molecular flexibility index (Phi) is 6.58. The molecule has 16 heteroatoms. The lowest BCUT2D eigenvalue weighted by atomic mass is 10.0. The van der Waals surface area contributed by atoms with E-state index < -0.39 is 29.2 Å². The summed E-state index contributed by atoms with van der Waals surface area (Å²) in [6.07, 6.45) is 4.96. The maximum atomic E-state index is 13.0. The van der Waals surface area contributed by atoms with Crippen molar-refractivity contribution in [1.29, 1.82) is 0 Å². The summed E-state index contributed by atoms with van der Waals surface area (Å²) in [5.74, 6) is -1.86. The summed E-state index contributed by atoms with van der Waals surface area (Å²) in [6.45, 7) is 0.210. The zero-order chi connectivity index (χ0) is 26.1. The fraction of sp³-hybridized carbons (Fsp3) is 0.238. The number of β-lactam (4-membered cyclic amide) rings is 1. The molecule has 37 heavy (non-hydrogen) atoms. The molecule has 0 bridgehead atoms. The average molecular weight is 542 g/mol. The molecule has 3 aromatic rings. The molecule has 1 saturated heterocycles. The van der Waals surface area contributed by atoms with Gasteiger partial charge < -0.3 is 25.8 Å². The predicted octanol–water partition coefficient (Wildman–Crippen LogP) is -1.75. The number of aromatic nitrogens is 5. The third-order valence-electron chi connectivity index (χ3n) is 5.61. The number of rotatable bonds is 8. The molecule has 1 fully saturated rings. The van der Waals surface area contributed by atoms with E-state index in [1.807, 2.05) is 6.07 Å². The van der Waals surface area contributed by atoms with Gasteiger partial charge >= 0.3 is 0 Å². The number of carboxylic acids is 1. The second kappa shape index (κ2) is 9.98. The highest BCUT2D eigenvalue weighted by Crippen LogP contribution is 2.40. The van der Waals surface area contributed by atoms with Gasteiger partial charge in [0.25, 0.3) is 11.8 Å². The Balaban J connectivity index is 1.35. The van der Waals surface area contributed by atoms with Crippen molar-refractivity contribution in [1.82, 2.24) is 30.4 Å². The minimum atomic E-state index is -1.47. The Morgan fingerprint density at radius 1 is 1.46 bits per heavy atom. The number of hydrogen-bond acceptors (Lipinski definition) is 12. The molecule has 2 aliphatic rings. The highest BCUT2D eigenvalue weighted by molar-refractivity contribution is 8.00. The van der Waals surface area contributed by atoms with E-state index >= 15 is 0 Å². The number of carbonyl (C=O) groups is 3. The molecular weight excluding hydrogens is 522 g/mol. The summed E-state index contributed by atoms with van der Waals surface area (Å²) in [5, 5.41) is 26.2. The molecule has 190 valence electrons.